The molecule has 1 amide bonds. The third-order valence-electron chi connectivity index (χ3n) is 6.20. The van der Waals surface area contributed by atoms with Crippen LogP contribution in [0.25, 0.3) is 11.8 Å². The molecule has 0 saturated carbocycles. The number of benzene rings is 2. The lowest BCUT2D eigenvalue weighted by Gasteiger charge is -2.20. The molecule has 6 nitrogen and oxygen atoms in total. The van der Waals surface area contributed by atoms with Crippen molar-refractivity contribution in [3.63, 3.8) is 0 Å². The largest absolute Gasteiger partial charge is 0.318 e. The molecule has 0 aliphatic carbocycles. The average molecular weight is 468 g/mol. The number of hydrogen-bond acceptors (Lipinski definition) is 4. The molecule has 5 rings (SSSR count). The van der Waals surface area contributed by atoms with Crippen LogP contribution in [0.15, 0.2) is 70.3 Å². The first kappa shape index (κ1) is 22.1. The van der Waals surface area contributed by atoms with Gasteiger partial charge in [0, 0.05) is 22.6 Å². The molecule has 0 radical (unpaired) electrons. The third kappa shape index (κ3) is 3.72. The van der Waals surface area contributed by atoms with Crippen LogP contribution < -0.4 is 0 Å². The molecule has 1 N–H and O–H groups in total. The molecule has 7 heteroatoms. The fourth-order valence-corrected chi connectivity index (χ4v) is 5.26. The molecule has 0 atom stereocenters. The number of nitrogens with one attached hydrogen (secondary N) is 1. The number of amides is 1. The van der Waals surface area contributed by atoms with Crippen molar-refractivity contribution < 1.29 is 4.79 Å². The lowest BCUT2D eigenvalue weighted by molar-refractivity contribution is -0.114. The summed E-state index contributed by atoms with van der Waals surface area (Å²) < 4.78 is 2.16. The number of hydrazone groups is 1. The van der Waals surface area contributed by atoms with E-state index in [4.69, 9.17) is 5.41 Å². The van der Waals surface area contributed by atoms with E-state index in [9.17, 15) is 4.79 Å². The van der Waals surface area contributed by atoms with Gasteiger partial charge in [-0.25, -0.2) is 0 Å². The number of hydrogen-bond donors (Lipinski definition) is 1. The van der Waals surface area contributed by atoms with Gasteiger partial charge in [0.2, 0.25) is 5.17 Å². The Bertz CT molecular complexity index is 1430. The first-order chi connectivity index (χ1) is 16.4. The van der Waals surface area contributed by atoms with Gasteiger partial charge in [-0.3, -0.25) is 10.2 Å². The number of thioether (sulfide) groups is 1. The Balaban J connectivity index is 1.50. The van der Waals surface area contributed by atoms with E-state index in [0.29, 0.717) is 5.17 Å². The summed E-state index contributed by atoms with van der Waals surface area (Å²) in [5.74, 6) is -0.370. The number of amidine groups is 2. The molecule has 3 heterocycles. The van der Waals surface area contributed by atoms with Crippen LogP contribution in [0.5, 0.6) is 0 Å². The number of fused-ring (bicyclic) bond motifs is 1. The van der Waals surface area contributed by atoms with Crippen LogP contribution >= 0.6 is 11.8 Å². The Labute approximate surface area is 203 Å². The number of aryl methyl sites for hydroxylation is 3. The van der Waals surface area contributed by atoms with Crippen molar-refractivity contribution in [1.82, 2.24) is 9.58 Å². The molecule has 2 aliphatic heterocycles. The molecule has 1 aromatic heterocycles. The first-order valence-corrected chi connectivity index (χ1v) is 12.0. The highest BCUT2D eigenvalue weighted by atomic mass is 32.2. The minimum absolute atomic E-state index is 0.0446. The molecule has 2 aromatic carbocycles. The van der Waals surface area contributed by atoms with Gasteiger partial charge < -0.3 is 4.57 Å². The fourth-order valence-electron chi connectivity index (χ4n) is 4.28. The van der Waals surface area contributed by atoms with Gasteiger partial charge in [0.25, 0.3) is 5.91 Å². The first-order valence-electron chi connectivity index (χ1n) is 11.2. The maximum Gasteiger partial charge on any atom is 0.283 e. The van der Waals surface area contributed by atoms with Crippen molar-refractivity contribution in [1.29, 1.82) is 5.41 Å². The summed E-state index contributed by atoms with van der Waals surface area (Å²) in [5, 5.41) is 16.0. The second-order valence-electron chi connectivity index (χ2n) is 8.42. The molecular weight excluding hydrogens is 442 g/mol. The predicted octanol–water partition coefficient (Wildman–Crippen LogP) is 5.63. The summed E-state index contributed by atoms with van der Waals surface area (Å²) in [6, 6.07) is 18.5. The van der Waals surface area contributed by atoms with Crippen LogP contribution in [0.2, 0.25) is 0 Å². The lowest BCUT2D eigenvalue weighted by atomic mass is 10.1. The summed E-state index contributed by atoms with van der Waals surface area (Å²) >= 11 is 1.32. The Morgan fingerprint density at radius 2 is 1.79 bits per heavy atom. The van der Waals surface area contributed by atoms with Crippen molar-refractivity contribution in [3.05, 3.63) is 93.8 Å². The van der Waals surface area contributed by atoms with Crippen molar-refractivity contribution in [2.45, 2.75) is 34.1 Å². The van der Waals surface area contributed by atoms with Crippen molar-refractivity contribution in [2.24, 2.45) is 10.1 Å². The van der Waals surface area contributed by atoms with Crippen LogP contribution in [0.3, 0.4) is 0 Å². The maximum atomic E-state index is 12.9. The van der Waals surface area contributed by atoms with Gasteiger partial charge in [-0.2, -0.15) is 15.1 Å². The zero-order chi connectivity index (χ0) is 24.0. The molecule has 34 heavy (non-hydrogen) atoms. The van der Waals surface area contributed by atoms with E-state index in [1.165, 1.54) is 22.3 Å². The highest BCUT2D eigenvalue weighted by molar-refractivity contribution is 8.27. The Morgan fingerprint density at radius 1 is 1.06 bits per heavy atom. The summed E-state index contributed by atoms with van der Waals surface area (Å²) in [4.78, 5) is 17.2. The zero-order valence-electron chi connectivity index (χ0n) is 19.6. The van der Waals surface area contributed by atoms with Gasteiger partial charge in [0.1, 0.15) is 5.04 Å². The van der Waals surface area contributed by atoms with Gasteiger partial charge in [0.05, 0.1) is 5.57 Å². The molecular formula is C27H25N5OS. The smallest absolute Gasteiger partial charge is 0.283 e. The average Bonchev–Trinajstić information content (AvgIpc) is 3.37. The molecule has 0 bridgehead atoms. The van der Waals surface area contributed by atoms with Crippen LogP contribution in [0.1, 0.15) is 40.6 Å². The van der Waals surface area contributed by atoms with Gasteiger partial charge >= 0.3 is 0 Å². The topological polar surface area (TPSA) is 73.8 Å². The van der Waals surface area contributed by atoms with Gasteiger partial charge in [-0.15, -0.1) is 0 Å². The van der Waals surface area contributed by atoms with Crippen molar-refractivity contribution in [2.75, 3.05) is 0 Å². The number of nitrogens with zero attached hydrogens (tertiary/aromatic N) is 4. The molecule has 3 aromatic rings. The molecule has 2 aliphatic rings. The summed E-state index contributed by atoms with van der Waals surface area (Å²) in [6.07, 6.45) is 2.76. The van der Waals surface area contributed by atoms with Gasteiger partial charge in [-0.1, -0.05) is 43.3 Å². The molecule has 0 spiro atoms. The Morgan fingerprint density at radius 3 is 2.50 bits per heavy atom. The van der Waals surface area contributed by atoms with Gasteiger partial charge in [-0.05, 0) is 79.9 Å². The van der Waals surface area contributed by atoms with E-state index in [-0.39, 0.29) is 11.4 Å². The second kappa shape index (κ2) is 8.57. The summed E-state index contributed by atoms with van der Waals surface area (Å²) in [5.41, 5.74) is 7.62. The minimum atomic E-state index is -0.415. The van der Waals surface area contributed by atoms with Crippen LogP contribution in [0, 0.1) is 26.2 Å². The Hall–Kier alpha value is -3.71. The van der Waals surface area contributed by atoms with Crippen LogP contribution in [-0.2, 0) is 11.2 Å². The van der Waals surface area contributed by atoms with E-state index >= 15 is 0 Å². The fraction of sp³-hybridized carbons (Fsp3) is 0.185. The standard InChI is InChI=1S/C27H25N5OS/c1-5-19-10-12-21(13-11-19)31-17(3)14-20(18(31)4)15-23-24(28)32-27(29-25(23)33)34-26(30-32)22-9-7-6-8-16(22)2/h6-15,28H,5H2,1-4H3/b23-15-,28-24?. The van der Waals surface area contributed by atoms with E-state index in [0.717, 1.165) is 45.2 Å². The molecule has 0 fully saturated rings. The monoisotopic (exact) mass is 467 g/mol. The van der Waals surface area contributed by atoms with Crippen molar-refractivity contribution >= 4 is 39.8 Å². The minimum Gasteiger partial charge on any atom is -0.318 e. The second-order valence-corrected chi connectivity index (χ2v) is 9.38. The van der Waals surface area contributed by atoms with E-state index in [2.05, 4.69) is 45.9 Å². The highest BCUT2D eigenvalue weighted by Crippen LogP contribution is 2.32. The molecule has 0 unspecified atom stereocenters. The normalized spacial score (nSPS) is 16.7. The summed E-state index contributed by atoms with van der Waals surface area (Å²) in [7, 11) is 0. The Kier molecular flexibility index (Phi) is 5.57. The van der Waals surface area contributed by atoms with E-state index in [1.807, 2.05) is 51.1 Å². The van der Waals surface area contributed by atoms with Crippen molar-refractivity contribution in [3.8, 4) is 5.69 Å². The van der Waals surface area contributed by atoms with E-state index < -0.39 is 5.91 Å². The number of carbonyl (C=O) groups excluding carboxylic acids is 1. The third-order valence-corrected chi connectivity index (χ3v) is 7.14. The SMILES string of the molecule is CCc1ccc(-n2c(C)cc(/C=C3/C(=N)N4N=C(c5ccccc5C)SC4=NC3=O)c2C)cc1. The number of aliphatic imine (C=N–C) groups is 1. The highest BCUT2D eigenvalue weighted by Gasteiger charge is 2.36. The molecule has 0 saturated heterocycles. The number of aromatic nitrogens is 1. The molecule has 170 valence electrons. The van der Waals surface area contributed by atoms with Crippen LogP contribution in [0.4, 0.5) is 0 Å². The van der Waals surface area contributed by atoms with Crippen LogP contribution in [-0.4, -0.2) is 31.5 Å². The summed E-state index contributed by atoms with van der Waals surface area (Å²) in [6.45, 7) is 8.23. The quantitative estimate of drug-likeness (QED) is 0.505. The van der Waals surface area contributed by atoms with E-state index in [1.54, 1.807) is 6.08 Å². The lowest BCUT2D eigenvalue weighted by Crippen LogP contribution is -2.35. The maximum absolute atomic E-state index is 12.9. The van der Waals surface area contributed by atoms with Gasteiger partial charge in [0.15, 0.2) is 5.84 Å². The number of carbonyl (C=O) groups is 1. The number of rotatable bonds is 4. The predicted molar refractivity (Wildman–Crippen MR) is 140 cm³/mol. The zero-order valence-corrected chi connectivity index (χ0v) is 20.4.